The minimum absolute atomic E-state index is 0.421. The highest BCUT2D eigenvalue weighted by molar-refractivity contribution is 5.79. The Kier molecular flexibility index (Phi) is 3.99. The lowest BCUT2D eigenvalue weighted by Crippen LogP contribution is -2.42. The van der Waals surface area contributed by atoms with Crippen LogP contribution in [0.3, 0.4) is 0 Å². The third kappa shape index (κ3) is 3.31. The standard InChI is InChI=1S/C14H18N6O/c1-15-14(17-10-5-2-3-6-10)16-9-12-18-13(20-19-12)11-7-4-8-21-11/h2-4,7-8,10H,5-6,9H2,1H3,(H2,15,16,17)(H,18,19,20). The largest absolute Gasteiger partial charge is 0.461 e. The monoisotopic (exact) mass is 286 g/mol. The van der Waals surface area contributed by atoms with Crippen molar-refractivity contribution in [3.8, 4) is 11.6 Å². The molecule has 0 amide bonds. The molecule has 0 aliphatic heterocycles. The van der Waals surface area contributed by atoms with Crippen LogP contribution in [0.4, 0.5) is 0 Å². The number of nitrogens with one attached hydrogen (secondary N) is 3. The Bertz CT molecular complexity index is 620. The fraction of sp³-hybridized carbons (Fsp3) is 0.357. The van der Waals surface area contributed by atoms with Crippen LogP contribution in [-0.4, -0.2) is 34.2 Å². The van der Waals surface area contributed by atoms with Crippen LogP contribution in [0.15, 0.2) is 40.0 Å². The molecule has 0 spiro atoms. The molecule has 3 N–H and O–H groups in total. The molecule has 0 saturated heterocycles. The quantitative estimate of drug-likeness (QED) is 0.449. The molecule has 1 aliphatic rings. The number of aromatic nitrogens is 3. The molecule has 0 bridgehead atoms. The molecule has 3 rings (SSSR count). The highest BCUT2D eigenvalue weighted by Crippen LogP contribution is 2.14. The molecule has 0 saturated carbocycles. The number of furan rings is 1. The molecule has 0 fully saturated rings. The fourth-order valence-corrected chi connectivity index (χ4v) is 2.18. The first-order valence-electron chi connectivity index (χ1n) is 6.92. The Morgan fingerprint density at radius 2 is 2.33 bits per heavy atom. The first kappa shape index (κ1) is 13.4. The van der Waals surface area contributed by atoms with Gasteiger partial charge in [0.15, 0.2) is 11.7 Å². The zero-order valence-corrected chi connectivity index (χ0v) is 11.8. The summed E-state index contributed by atoms with van der Waals surface area (Å²) in [5, 5.41) is 13.6. The lowest BCUT2D eigenvalue weighted by atomic mass is 10.2. The number of aliphatic imine (C=N–C) groups is 1. The van der Waals surface area contributed by atoms with Gasteiger partial charge in [0.2, 0.25) is 5.82 Å². The van der Waals surface area contributed by atoms with E-state index in [0.717, 1.165) is 24.6 Å². The number of guanidine groups is 1. The maximum Gasteiger partial charge on any atom is 0.216 e. The minimum Gasteiger partial charge on any atom is -0.461 e. The van der Waals surface area contributed by atoms with E-state index < -0.39 is 0 Å². The second-order valence-corrected chi connectivity index (χ2v) is 4.79. The SMILES string of the molecule is CN=C(NCc1nc(-c2ccco2)n[nH]1)NC1CC=CC1. The van der Waals surface area contributed by atoms with Crippen LogP contribution in [0.5, 0.6) is 0 Å². The van der Waals surface area contributed by atoms with Crippen molar-refractivity contribution < 1.29 is 4.42 Å². The summed E-state index contributed by atoms with van der Waals surface area (Å²) >= 11 is 0. The predicted molar refractivity (Wildman–Crippen MR) is 79.6 cm³/mol. The van der Waals surface area contributed by atoms with Gasteiger partial charge in [0.05, 0.1) is 12.8 Å². The molecule has 1 aliphatic carbocycles. The van der Waals surface area contributed by atoms with E-state index in [9.17, 15) is 0 Å². The maximum absolute atomic E-state index is 5.26. The van der Waals surface area contributed by atoms with Crippen molar-refractivity contribution in [1.82, 2.24) is 25.8 Å². The van der Waals surface area contributed by atoms with E-state index in [2.05, 4.69) is 43.0 Å². The van der Waals surface area contributed by atoms with E-state index in [1.807, 2.05) is 12.1 Å². The van der Waals surface area contributed by atoms with Gasteiger partial charge < -0.3 is 15.1 Å². The van der Waals surface area contributed by atoms with Crippen molar-refractivity contribution in [2.75, 3.05) is 7.05 Å². The van der Waals surface area contributed by atoms with Gasteiger partial charge in [0.1, 0.15) is 5.82 Å². The number of H-pyrrole nitrogens is 1. The van der Waals surface area contributed by atoms with E-state index >= 15 is 0 Å². The van der Waals surface area contributed by atoms with Gasteiger partial charge in [-0.3, -0.25) is 10.1 Å². The Labute approximate surface area is 122 Å². The molecule has 0 aromatic carbocycles. The Morgan fingerprint density at radius 1 is 1.48 bits per heavy atom. The van der Waals surface area contributed by atoms with Gasteiger partial charge in [0, 0.05) is 13.1 Å². The summed E-state index contributed by atoms with van der Waals surface area (Å²) < 4.78 is 5.26. The van der Waals surface area contributed by atoms with Crippen molar-refractivity contribution in [2.24, 2.45) is 4.99 Å². The first-order chi connectivity index (χ1) is 10.3. The van der Waals surface area contributed by atoms with Gasteiger partial charge in [-0.25, -0.2) is 4.98 Å². The number of hydrogen-bond acceptors (Lipinski definition) is 4. The van der Waals surface area contributed by atoms with E-state index in [1.54, 1.807) is 13.3 Å². The average molecular weight is 286 g/mol. The van der Waals surface area contributed by atoms with Gasteiger partial charge in [-0.15, -0.1) is 5.10 Å². The Morgan fingerprint density at radius 3 is 3.05 bits per heavy atom. The Balaban J connectivity index is 1.54. The second-order valence-electron chi connectivity index (χ2n) is 4.79. The molecule has 7 heteroatoms. The van der Waals surface area contributed by atoms with E-state index in [0.29, 0.717) is 24.2 Å². The number of nitrogens with zero attached hydrogens (tertiary/aromatic N) is 3. The molecular formula is C14H18N6O. The minimum atomic E-state index is 0.421. The van der Waals surface area contributed by atoms with Crippen LogP contribution < -0.4 is 10.6 Å². The van der Waals surface area contributed by atoms with Gasteiger partial charge >= 0.3 is 0 Å². The van der Waals surface area contributed by atoms with Crippen LogP contribution >= 0.6 is 0 Å². The van der Waals surface area contributed by atoms with Gasteiger partial charge in [-0.1, -0.05) is 12.2 Å². The summed E-state index contributed by atoms with van der Waals surface area (Å²) in [6, 6.07) is 4.06. The molecule has 7 nitrogen and oxygen atoms in total. The molecule has 0 atom stereocenters. The maximum atomic E-state index is 5.26. The van der Waals surface area contributed by atoms with Gasteiger partial charge in [-0.2, -0.15) is 0 Å². The van der Waals surface area contributed by atoms with Crippen molar-refractivity contribution in [1.29, 1.82) is 0 Å². The lowest BCUT2D eigenvalue weighted by Gasteiger charge is -2.16. The number of rotatable bonds is 4. The van der Waals surface area contributed by atoms with Crippen LogP contribution in [-0.2, 0) is 6.54 Å². The van der Waals surface area contributed by atoms with E-state index in [-0.39, 0.29) is 0 Å². The molecule has 0 radical (unpaired) electrons. The molecule has 21 heavy (non-hydrogen) atoms. The van der Waals surface area contributed by atoms with E-state index in [1.165, 1.54) is 0 Å². The summed E-state index contributed by atoms with van der Waals surface area (Å²) in [5.74, 6) is 2.70. The highest BCUT2D eigenvalue weighted by atomic mass is 16.3. The van der Waals surface area contributed by atoms with Crippen molar-refractivity contribution in [3.63, 3.8) is 0 Å². The molecule has 0 unspecified atom stereocenters. The second kappa shape index (κ2) is 6.25. The summed E-state index contributed by atoms with van der Waals surface area (Å²) in [5.41, 5.74) is 0. The van der Waals surface area contributed by atoms with Crippen LogP contribution in [0.1, 0.15) is 18.7 Å². The predicted octanol–water partition coefficient (Wildman–Crippen LogP) is 1.45. The molecule has 2 heterocycles. The van der Waals surface area contributed by atoms with Crippen molar-refractivity contribution in [2.45, 2.75) is 25.4 Å². The Hall–Kier alpha value is -2.57. The van der Waals surface area contributed by atoms with Gasteiger partial charge in [-0.05, 0) is 25.0 Å². The average Bonchev–Trinajstić information content (AvgIpc) is 3.24. The summed E-state index contributed by atoms with van der Waals surface area (Å²) in [4.78, 5) is 8.58. The summed E-state index contributed by atoms with van der Waals surface area (Å²) in [6.45, 7) is 0.521. The summed E-state index contributed by atoms with van der Waals surface area (Å²) in [7, 11) is 1.76. The fourth-order valence-electron chi connectivity index (χ4n) is 2.18. The lowest BCUT2D eigenvalue weighted by molar-refractivity contribution is 0.577. The zero-order chi connectivity index (χ0) is 14.5. The smallest absolute Gasteiger partial charge is 0.216 e. The molecular weight excluding hydrogens is 268 g/mol. The molecule has 2 aromatic rings. The van der Waals surface area contributed by atoms with Crippen LogP contribution in [0.25, 0.3) is 11.6 Å². The first-order valence-corrected chi connectivity index (χ1v) is 6.92. The number of aromatic amines is 1. The highest BCUT2D eigenvalue weighted by Gasteiger charge is 2.12. The van der Waals surface area contributed by atoms with Crippen molar-refractivity contribution >= 4 is 5.96 Å². The third-order valence-electron chi connectivity index (χ3n) is 3.27. The topological polar surface area (TPSA) is 91.1 Å². The van der Waals surface area contributed by atoms with Crippen LogP contribution in [0, 0.1) is 0 Å². The van der Waals surface area contributed by atoms with Crippen LogP contribution in [0.2, 0.25) is 0 Å². The molecule has 2 aromatic heterocycles. The zero-order valence-electron chi connectivity index (χ0n) is 11.8. The number of hydrogen-bond donors (Lipinski definition) is 3. The van der Waals surface area contributed by atoms with E-state index in [4.69, 9.17) is 4.42 Å². The third-order valence-corrected chi connectivity index (χ3v) is 3.27. The van der Waals surface area contributed by atoms with Crippen molar-refractivity contribution in [3.05, 3.63) is 36.4 Å². The normalized spacial score (nSPS) is 15.6. The summed E-state index contributed by atoms with van der Waals surface area (Å²) in [6.07, 6.45) is 8.02. The molecule has 110 valence electrons. The van der Waals surface area contributed by atoms with Gasteiger partial charge in [0.25, 0.3) is 0 Å².